The largest absolute Gasteiger partial charge is 0.398 e. The van der Waals surface area contributed by atoms with E-state index in [4.69, 9.17) is 5.73 Å². The highest BCUT2D eigenvalue weighted by Gasteiger charge is 2.12. The summed E-state index contributed by atoms with van der Waals surface area (Å²) in [5, 5.41) is 4.76. The van der Waals surface area contributed by atoms with E-state index < -0.39 is 5.82 Å². The number of aromatic nitrogens is 2. The Kier molecular flexibility index (Phi) is 3.70. The van der Waals surface area contributed by atoms with Gasteiger partial charge in [-0.3, -0.25) is 4.98 Å². The summed E-state index contributed by atoms with van der Waals surface area (Å²) in [5.74, 6) is -0.397. The van der Waals surface area contributed by atoms with Gasteiger partial charge in [0.2, 0.25) is 0 Å². The van der Waals surface area contributed by atoms with Crippen molar-refractivity contribution in [3.63, 3.8) is 0 Å². The minimum Gasteiger partial charge on any atom is -0.398 e. The summed E-state index contributed by atoms with van der Waals surface area (Å²) in [5.41, 5.74) is 7.14. The van der Waals surface area contributed by atoms with Gasteiger partial charge in [-0.05, 0) is 24.6 Å². The smallest absolute Gasteiger partial charge is 0.150 e. The van der Waals surface area contributed by atoms with Crippen LogP contribution in [0.5, 0.6) is 0 Å². The first-order valence-corrected chi connectivity index (χ1v) is 7.51. The molecule has 4 nitrogen and oxygen atoms in total. The molecule has 3 N–H and O–H groups in total. The molecule has 3 rings (SSSR count). The van der Waals surface area contributed by atoms with Crippen LogP contribution in [0.4, 0.5) is 15.8 Å². The number of nitrogen functional groups attached to an aromatic ring is 1. The van der Waals surface area contributed by atoms with Crippen molar-refractivity contribution in [2.45, 2.75) is 19.9 Å². The molecular formula is C15H15FN4S. The van der Waals surface area contributed by atoms with E-state index in [1.165, 1.54) is 10.9 Å². The summed E-state index contributed by atoms with van der Waals surface area (Å²) < 4.78 is 14.2. The molecule has 2 heterocycles. The van der Waals surface area contributed by atoms with Crippen LogP contribution < -0.4 is 11.1 Å². The predicted molar refractivity (Wildman–Crippen MR) is 84.9 cm³/mol. The fourth-order valence-electron chi connectivity index (χ4n) is 2.16. The molecule has 0 saturated heterocycles. The maximum Gasteiger partial charge on any atom is 0.150 e. The lowest BCUT2D eigenvalue weighted by atomic mass is 10.1. The number of anilines is 2. The zero-order chi connectivity index (χ0) is 14.8. The Morgan fingerprint density at radius 3 is 3.00 bits per heavy atom. The molecule has 0 amide bonds. The molecule has 0 bridgehead atoms. The number of benzene rings is 1. The molecule has 1 aromatic carbocycles. The van der Waals surface area contributed by atoms with Crippen molar-refractivity contribution in [3.8, 4) is 0 Å². The van der Waals surface area contributed by atoms with Gasteiger partial charge >= 0.3 is 0 Å². The van der Waals surface area contributed by atoms with Crippen LogP contribution in [0.2, 0.25) is 0 Å². The zero-order valence-electron chi connectivity index (χ0n) is 11.6. The van der Waals surface area contributed by atoms with Crippen LogP contribution in [0.3, 0.4) is 0 Å². The summed E-state index contributed by atoms with van der Waals surface area (Å²) in [6.45, 7) is 2.55. The van der Waals surface area contributed by atoms with Gasteiger partial charge in [0.1, 0.15) is 5.01 Å². The molecule has 21 heavy (non-hydrogen) atoms. The molecule has 108 valence electrons. The van der Waals surface area contributed by atoms with Crippen LogP contribution in [-0.2, 0) is 13.0 Å². The molecule has 0 spiro atoms. The highest BCUT2D eigenvalue weighted by molar-refractivity contribution is 7.11. The topological polar surface area (TPSA) is 63.8 Å². The zero-order valence-corrected chi connectivity index (χ0v) is 12.4. The number of nitrogens with zero attached hydrogens (tertiary/aromatic N) is 2. The Morgan fingerprint density at radius 1 is 1.38 bits per heavy atom. The second kappa shape index (κ2) is 5.65. The molecule has 0 atom stereocenters. The minimum atomic E-state index is -0.397. The van der Waals surface area contributed by atoms with E-state index in [1.54, 1.807) is 23.6 Å². The Hall–Kier alpha value is -2.21. The predicted octanol–water partition coefficient (Wildman–Crippen LogP) is 3.59. The summed E-state index contributed by atoms with van der Waals surface area (Å²) in [4.78, 5) is 9.77. The molecule has 0 unspecified atom stereocenters. The third kappa shape index (κ3) is 2.67. The van der Waals surface area contributed by atoms with Crippen molar-refractivity contribution < 1.29 is 4.39 Å². The number of pyridine rings is 1. The van der Waals surface area contributed by atoms with Crippen molar-refractivity contribution in [2.75, 3.05) is 11.1 Å². The number of thiazole rings is 1. The van der Waals surface area contributed by atoms with Gasteiger partial charge in [0.05, 0.1) is 17.7 Å². The highest BCUT2D eigenvalue weighted by atomic mass is 32.1. The average molecular weight is 302 g/mol. The standard InChI is InChI=1S/C15H15FN4S/c1-2-9-7-19-13(21-9)8-20-15-11(16)6-12(17)10-4-3-5-18-14(10)15/h3-7,20H,2,8,17H2,1H3. The van der Waals surface area contributed by atoms with Crippen LogP contribution in [0.25, 0.3) is 10.9 Å². The fraction of sp³-hybridized carbons (Fsp3) is 0.200. The van der Waals surface area contributed by atoms with Gasteiger partial charge in [0, 0.05) is 28.3 Å². The second-order valence-electron chi connectivity index (χ2n) is 4.65. The molecule has 0 saturated carbocycles. The lowest BCUT2D eigenvalue weighted by molar-refractivity contribution is 0.632. The third-order valence-corrected chi connectivity index (χ3v) is 4.38. The summed E-state index contributed by atoms with van der Waals surface area (Å²) >= 11 is 1.63. The number of nitrogens with one attached hydrogen (secondary N) is 1. The van der Waals surface area contributed by atoms with Gasteiger partial charge in [-0.15, -0.1) is 11.3 Å². The van der Waals surface area contributed by atoms with Crippen molar-refractivity contribution in [1.82, 2.24) is 9.97 Å². The van der Waals surface area contributed by atoms with E-state index in [9.17, 15) is 4.39 Å². The van der Waals surface area contributed by atoms with Gasteiger partial charge in [-0.25, -0.2) is 9.37 Å². The van der Waals surface area contributed by atoms with Gasteiger partial charge in [-0.1, -0.05) is 6.92 Å². The molecule has 2 aromatic heterocycles. The first-order valence-electron chi connectivity index (χ1n) is 6.69. The Balaban J connectivity index is 1.93. The Morgan fingerprint density at radius 2 is 2.24 bits per heavy atom. The van der Waals surface area contributed by atoms with Crippen LogP contribution in [0.1, 0.15) is 16.8 Å². The Bertz CT molecular complexity index is 784. The van der Waals surface area contributed by atoms with Gasteiger partial charge in [-0.2, -0.15) is 0 Å². The van der Waals surface area contributed by atoms with Gasteiger partial charge in [0.25, 0.3) is 0 Å². The van der Waals surface area contributed by atoms with E-state index in [1.807, 2.05) is 12.3 Å². The van der Waals surface area contributed by atoms with Crippen LogP contribution in [0.15, 0.2) is 30.6 Å². The lowest BCUT2D eigenvalue weighted by Crippen LogP contribution is -2.04. The molecule has 0 aliphatic heterocycles. The molecule has 0 aliphatic rings. The highest BCUT2D eigenvalue weighted by Crippen LogP contribution is 2.30. The van der Waals surface area contributed by atoms with Crippen LogP contribution in [-0.4, -0.2) is 9.97 Å². The first kappa shape index (κ1) is 13.8. The normalized spacial score (nSPS) is 11.0. The summed E-state index contributed by atoms with van der Waals surface area (Å²) in [7, 11) is 0. The third-order valence-electron chi connectivity index (χ3n) is 3.24. The van der Waals surface area contributed by atoms with Crippen molar-refractivity contribution in [1.29, 1.82) is 0 Å². The number of fused-ring (bicyclic) bond motifs is 1. The monoisotopic (exact) mass is 302 g/mol. The van der Waals surface area contributed by atoms with E-state index in [0.717, 1.165) is 16.8 Å². The SMILES string of the molecule is CCc1cnc(CNc2c(F)cc(N)c3cccnc23)s1. The number of hydrogen-bond acceptors (Lipinski definition) is 5. The van der Waals surface area contributed by atoms with Crippen LogP contribution in [0, 0.1) is 5.82 Å². The van der Waals surface area contributed by atoms with E-state index in [-0.39, 0.29) is 0 Å². The average Bonchev–Trinajstić information content (AvgIpc) is 2.95. The quantitative estimate of drug-likeness (QED) is 0.723. The van der Waals surface area contributed by atoms with E-state index >= 15 is 0 Å². The number of nitrogens with two attached hydrogens (primary N) is 1. The molecule has 6 heteroatoms. The molecule has 3 aromatic rings. The number of aryl methyl sites for hydroxylation is 1. The summed E-state index contributed by atoms with van der Waals surface area (Å²) in [6, 6.07) is 4.95. The number of rotatable bonds is 4. The molecule has 0 radical (unpaired) electrons. The Labute approximate surface area is 125 Å². The fourth-order valence-corrected chi connectivity index (χ4v) is 2.96. The first-order chi connectivity index (χ1) is 10.2. The summed E-state index contributed by atoms with van der Waals surface area (Å²) in [6.07, 6.45) is 4.45. The number of halogens is 1. The number of hydrogen-bond donors (Lipinski definition) is 2. The van der Waals surface area contributed by atoms with E-state index in [0.29, 0.717) is 23.4 Å². The lowest BCUT2D eigenvalue weighted by Gasteiger charge is -2.10. The van der Waals surface area contributed by atoms with Gasteiger partial charge in [0.15, 0.2) is 5.82 Å². The van der Waals surface area contributed by atoms with Crippen molar-refractivity contribution in [2.24, 2.45) is 0 Å². The molecule has 0 fully saturated rings. The molecular weight excluding hydrogens is 287 g/mol. The van der Waals surface area contributed by atoms with Crippen LogP contribution >= 0.6 is 11.3 Å². The van der Waals surface area contributed by atoms with Gasteiger partial charge < -0.3 is 11.1 Å². The van der Waals surface area contributed by atoms with E-state index in [2.05, 4.69) is 22.2 Å². The second-order valence-corrected chi connectivity index (χ2v) is 5.85. The maximum absolute atomic E-state index is 14.2. The maximum atomic E-state index is 14.2. The molecule has 0 aliphatic carbocycles. The van der Waals surface area contributed by atoms with Crippen molar-refractivity contribution in [3.05, 3.63) is 46.3 Å². The van der Waals surface area contributed by atoms with Crippen molar-refractivity contribution >= 4 is 33.6 Å². The minimum absolute atomic E-state index is 0.369.